The van der Waals surface area contributed by atoms with E-state index in [1.54, 1.807) is 0 Å². The topological polar surface area (TPSA) is 99.1 Å². The molecule has 284 valence electrons. The Labute approximate surface area is 296 Å². The highest BCUT2D eigenvalue weighted by atomic mass is 31.2. The van der Waals surface area contributed by atoms with E-state index in [-0.39, 0.29) is 25.0 Å². The van der Waals surface area contributed by atoms with Crippen LogP contribution in [0, 0.1) is 0 Å². The highest BCUT2D eigenvalue weighted by Crippen LogP contribution is 2.47. The summed E-state index contributed by atoms with van der Waals surface area (Å²) in [5.74, 6) is 0.807. The lowest BCUT2D eigenvalue weighted by Gasteiger charge is -2.33. The van der Waals surface area contributed by atoms with Crippen molar-refractivity contribution in [3.8, 4) is 0 Å². The van der Waals surface area contributed by atoms with Gasteiger partial charge in [-0.1, -0.05) is 155 Å². The summed E-state index contributed by atoms with van der Waals surface area (Å²) in [5.41, 5.74) is 0. The standard InChI is InChI=1S/C40H77O7P/c1-3-37(41)31-27-23-19-15-11-7-5-9-13-17-21-25-29-33-45-39-35-47-48(43,44)36-40(39)46-34-30-26-22-18-14-10-6-8-12-16-20-24-28-32-38(42)4-2/h39-40H,3-36H2,1-2H3,(H,43,44)/t39-,40+/m1/s1. The molecule has 1 aliphatic rings. The van der Waals surface area contributed by atoms with E-state index in [4.69, 9.17) is 14.0 Å². The molecule has 1 fully saturated rings. The van der Waals surface area contributed by atoms with E-state index in [1.807, 2.05) is 13.8 Å². The molecule has 1 unspecified atom stereocenters. The van der Waals surface area contributed by atoms with Gasteiger partial charge in [0.1, 0.15) is 17.7 Å². The van der Waals surface area contributed by atoms with Gasteiger partial charge in [-0.3, -0.25) is 14.2 Å². The summed E-state index contributed by atoms with van der Waals surface area (Å²) in [7, 11) is -3.58. The van der Waals surface area contributed by atoms with Crippen molar-refractivity contribution in [1.82, 2.24) is 0 Å². The van der Waals surface area contributed by atoms with Crippen LogP contribution in [0.15, 0.2) is 0 Å². The molecule has 8 heteroatoms. The van der Waals surface area contributed by atoms with E-state index in [1.165, 1.54) is 128 Å². The van der Waals surface area contributed by atoms with Crippen molar-refractivity contribution in [1.29, 1.82) is 0 Å². The SMILES string of the molecule is CCC(=O)CCCCCCCCCCCCCCCO[C@H]1CP(=O)(O)OC[C@H]1OCCCCCCCCCCCCCCCC(=O)CC. The highest BCUT2D eigenvalue weighted by molar-refractivity contribution is 7.52. The molecule has 1 rings (SSSR count). The fourth-order valence-corrected chi connectivity index (χ4v) is 7.85. The van der Waals surface area contributed by atoms with Gasteiger partial charge in [-0.05, 0) is 25.7 Å². The summed E-state index contributed by atoms with van der Waals surface area (Å²) >= 11 is 0. The van der Waals surface area contributed by atoms with Crippen LogP contribution in [0.25, 0.3) is 0 Å². The molecule has 0 aromatic heterocycles. The van der Waals surface area contributed by atoms with E-state index in [0.29, 0.717) is 37.6 Å². The van der Waals surface area contributed by atoms with Gasteiger partial charge in [0.05, 0.1) is 18.9 Å². The second kappa shape index (κ2) is 32.3. The van der Waals surface area contributed by atoms with Crippen LogP contribution < -0.4 is 0 Å². The minimum absolute atomic E-state index is 0.0240. The summed E-state index contributed by atoms with van der Waals surface area (Å²) in [4.78, 5) is 32.7. The number of rotatable bonds is 36. The Morgan fingerprint density at radius 1 is 0.521 bits per heavy atom. The third-order valence-corrected chi connectivity index (χ3v) is 11.3. The Balaban J connectivity index is 1.94. The molecule has 0 radical (unpaired) electrons. The van der Waals surface area contributed by atoms with Crippen LogP contribution in [0.5, 0.6) is 0 Å². The van der Waals surface area contributed by atoms with Crippen molar-refractivity contribution < 1.29 is 33.0 Å². The van der Waals surface area contributed by atoms with E-state index < -0.39 is 7.60 Å². The Morgan fingerprint density at radius 3 is 1.15 bits per heavy atom. The Morgan fingerprint density at radius 2 is 0.812 bits per heavy atom. The molecular formula is C40H77O7P. The number of ketones is 2. The molecule has 0 aromatic rings. The number of carbonyl (C=O) groups is 2. The molecule has 0 spiro atoms. The number of ether oxygens (including phenoxy) is 2. The normalized spacial score (nSPS) is 19.6. The Kier molecular flexibility index (Phi) is 30.6. The van der Waals surface area contributed by atoms with Crippen LogP contribution in [0.4, 0.5) is 0 Å². The smallest absolute Gasteiger partial charge is 0.330 e. The highest BCUT2D eigenvalue weighted by Gasteiger charge is 2.38. The Bertz CT molecular complexity index is 804. The van der Waals surface area contributed by atoms with Gasteiger partial charge in [0.2, 0.25) is 0 Å². The van der Waals surface area contributed by atoms with Crippen LogP contribution in [0.3, 0.4) is 0 Å². The number of hydrogen-bond donors (Lipinski definition) is 1. The molecule has 0 aliphatic carbocycles. The summed E-state index contributed by atoms with van der Waals surface area (Å²) < 4.78 is 29.6. The molecule has 0 amide bonds. The lowest BCUT2D eigenvalue weighted by atomic mass is 10.0. The molecule has 1 saturated heterocycles. The van der Waals surface area contributed by atoms with Crippen LogP contribution >= 0.6 is 7.60 Å². The number of carbonyl (C=O) groups excluding carboxylic acids is 2. The quantitative estimate of drug-likeness (QED) is 0.0513. The number of Topliss-reactive ketones (excluding diaryl/α,β-unsaturated/α-hetero) is 2. The summed E-state index contributed by atoms with van der Waals surface area (Å²) in [5, 5.41) is 0. The molecule has 0 saturated carbocycles. The first-order valence-corrected chi connectivity index (χ1v) is 22.4. The van der Waals surface area contributed by atoms with Gasteiger partial charge in [0.25, 0.3) is 0 Å². The van der Waals surface area contributed by atoms with Gasteiger partial charge < -0.3 is 18.9 Å². The molecule has 0 bridgehead atoms. The van der Waals surface area contributed by atoms with Gasteiger partial charge >= 0.3 is 7.60 Å². The molecule has 1 N–H and O–H groups in total. The molecule has 1 heterocycles. The predicted octanol–water partition coefficient (Wildman–Crippen LogP) is 11.9. The third kappa shape index (κ3) is 28.1. The lowest BCUT2D eigenvalue weighted by molar-refractivity contribution is -0.119. The number of hydrogen-bond acceptors (Lipinski definition) is 6. The predicted molar refractivity (Wildman–Crippen MR) is 200 cm³/mol. The van der Waals surface area contributed by atoms with E-state index in [2.05, 4.69) is 0 Å². The zero-order chi connectivity index (χ0) is 35.0. The van der Waals surface area contributed by atoms with Gasteiger partial charge in [0.15, 0.2) is 0 Å². The first kappa shape index (κ1) is 45.4. The maximum absolute atomic E-state index is 12.2. The number of unbranched alkanes of at least 4 members (excludes halogenated alkanes) is 24. The Hall–Kier alpha value is -0.590. The van der Waals surface area contributed by atoms with Crippen molar-refractivity contribution in [2.75, 3.05) is 26.0 Å². The average molecular weight is 701 g/mol. The first-order chi connectivity index (χ1) is 23.4. The molecule has 1 aliphatic heterocycles. The summed E-state index contributed by atoms with van der Waals surface area (Å²) in [6.07, 6.45) is 34.5. The zero-order valence-electron chi connectivity index (χ0n) is 31.5. The molecule has 3 atom stereocenters. The van der Waals surface area contributed by atoms with Crippen LogP contribution in [0.1, 0.15) is 206 Å². The largest absolute Gasteiger partial charge is 0.375 e. The van der Waals surface area contributed by atoms with Crippen LogP contribution in [-0.4, -0.2) is 54.7 Å². The monoisotopic (exact) mass is 701 g/mol. The van der Waals surface area contributed by atoms with E-state index in [9.17, 15) is 19.0 Å². The lowest BCUT2D eigenvalue weighted by Crippen LogP contribution is -2.42. The van der Waals surface area contributed by atoms with Gasteiger partial charge in [0, 0.05) is 38.9 Å². The minimum atomic E-state index is -3.58. The third-order valence-electron chi connectivity index (χ3n) is 9.92. The van der Waals surface area contributed by atoms with Crippen molar-refractivity contribution in [3.63, 3.8) is 0 Å². The summed E-state index contributed by atoms with van der Waals surface area (Å²) in [6.45, 7) is 5.30. The minimum Gasteiger partial charge on any atom is -0.375 e. The maximum Gasteiger partial charge on any atom is 0.330 e. The van der Waals surface area contributed by atoms with Crippen LogP contribution in [-0.2, 0) is 28.2 Å². The fourth-order valence-electron chi connectivity index (χ4n) is 6.57. The summed E-state index contributed by atoms with van der Waals surface area (Å²) in [6, 6.07) is 0. The first-order valence-electron chi connectivity index (χ1n) is 20.6. The van der Waals surface area contributed by atoms with Gasteiger partial charge in [-0.15, -0.1) is 0 Å². The second-order valence-electron chi connectivity index (χ2n) is 14.4. The van der Waals surface area contributed by atoms with Crippen molar-refractivity contribution in [2.24, 2.45) is 0 Å². The van der Waals surface area contributed by atoms with Crippen molar-refractivity contribution >= 4 is 19.2 Å². The van der Waals surface area contributed by atoms with E-state index >= 15 is 0 Å². The van der Waals surface area contributed by atoms with E-state index in [0.717, 1.165) is 51.4 Å². The van der Waals surface area contributed by atoms with Crippen LogP contribution in [0.2, 0.25) is 0 Å². The average Bonchev–Trinajstić information content (AvgIpc) is 3.07. The van der Waals surface area contributed by atoms with Gasteiger partial charge in [-0.25, -0.2) is 0 Å². The van der Waals surface area contributed by atoms with Crippen molar-refractivity contribution in [3.05, 3.63) is 0 Å². The fraction of sp³-hybridized carbons (Fsp3) is 0.950. The maximum atomic E-state index is 12.2. The molecule has 48 heavy (non-hydrogen) atoms. The second-order valence-corrected chi connectivity index (χ2v) is 16.3. The zero-order valence-corrected chi connectivity index (χ0v) is 32.4. The van der Waals surface area contributed by atoms with Crippen molar-refractivity contribution in [2.45, 2.75) is 219 Å². The molecule has 7 nitrogen and oxygen atoms in total. The molecule has 0 aromatic carbocycles. The molecular weight excluding hydrogens is 623 g/mol. The van der Waals surface area contributed by atoms with Gasteiger partial charge in [-0.2, -0.15) is 0 Å².